The highest BCUT2D eigenvalue weighted by molar-refractivity contribution is 9.10. The third-order valence-corrected chi connectivity index (χ3v) is 3.29. The van der Waals surface area contributed by atoms with Gasteiger partial charge in [0.15, 0.2) is 0 Å². The normalized spacial score (nSPS) is 12.3. The SMILES string of the molecule is CCNC(C#N)c1ccc(Br)c2cccnc12. The van der Waals surface area contributed by atoms with Crippen LogP contribution in [0.4, 0.5) is 0 Å². The maximum Gasteiger partial charge on any atom is 0.123 e. The summed E-state index contributed by atoms with van der Waals surface area (Å²) in [5.41, 5.74) is 1.79. The number of nitrogens with zero attached hydrogens (tertiary/aromatic N) is 2. The third kappa shape index (κ3) is 2.31. The summed E-state index contributed by atoms with van der Waals surface area (Å²) in [6.45, 7) is 2.74. The Morgan fingerprint density at radius 1 is 1.47 bits per heavy atom. The van der Waals surface area contributed by atoms with E-state index >= 15 is 0 Å². The molecule has 0 saturated carbocycles. The highest BCUT2D eigenvalue weighted by Gasteiger charge is 2.14. The van der Waals surface area contributed by atoms with Gasteiger partial charge in [-0.15, -0.1) is 0 Å². The second-order valence-corrected chi connectivity index (χ2v) is 4.51. The summed E-state index contributed by atoms with van der Waals surface area (Å²) < 4.78 is 0.998. The predicted octanol–water partition coefficient (Wildman–Crippen LogP) is 3.17. The Bertz CT molecular complexity index is 574. The molecule has 0 amide bonds. The van der Waals surface area contributed by atoms with Gasteiger partial charge in [-0.1, -0.05) is 35.0 Å². The second-order valence-electron chi connectivity index (χ2n) is 3.66. The van der Waals surface area contributed by atoms with E-state index in [-0.39, 0.29) is 6.04 Å². The van der Waals surface area contributed by atoms with Crippen LogP contribution in [0.2, 0.25) is 0 Å². The van der Waals surface area contributed by atoms with Crippen LogP contribution in [-0.4, -0.2) is 11.5 Å². The number of nitriles is 1. The second kappa shape index (κ2) is 5.26. The summed E-state index contributed by atoms with van der Waals surface area (Å²) in [4.78, 5) is 4.37. The number of nitrogens with one attached hydrogen (secondary N) is 1. The van der Waals surface area contributed by atoms with Crippen molar-refractivity contribution < 1.29 is 0 Å². The van der Waals surface area contributed by atoms with Crippen molar-refractivity contribution in [3.05, 3.63) is 40.5 Å². The van der Waals surface area contributed by atoms with Crippen LogP contribution in [0.3, 0.4) is 0 Å². The van der Waals surface area contributed by atoms with Crippen molar-refractivity contribution in [3.63, 3.8) is 0 Å². The number of rotatable bonds is 3. The van der Waals surface area contributed by atoms with Crippen LogP contribution in [0.5, 0.6) is 0 Å². The molecule has 1 unspecified atom stereocenters. The lowest BCUT2D eigenvalue weighted by molar-refractivity contribution is 0.661. The van der Waals surface area contributed by atoms with Gasteiger partial charge in [-0.25, -0.2) is 0 Å². The van der Waals surface area contributed by atoms with Crippen molar-refractivity contribution in [2.24, 2.45) is 0 Å². The highest BCUT2D eigenvalue weighted by atomic mass is 79.9. The van der Waals surface area contributed by atoms with Gasteiger partial charge in [-0.2, -0.15) is 5.26 Å². The number of benzene rings is 1. The van der Waals surface area contributed by atoms with Gasteiger partial charge in [0.2, 0.25) is 0 Å². The zero-order valence-electron chi connectivity index (χ0n) is 9.44. The molecule has 0 aliphatic heterocycles. The first-order chi connectivity index (χ1) is 8.27. The van der Waals surface area contributed by atoms with E-state index < -0.39 is 0 Å². The van der Waals surface area contributed by atoms with Crippen molar-refractivity contribution in [3.8, 4) is 6.07 Å². The molecule has 2 rings (SSSR count). The Kier molecular flexibility index (Phi) is 3.72. The average molecular weight is 290 g/mol. The minimum absolute atomic E-state index is 0.314. The van der Waals surface area contributed by atoms with Gasteiger partial charge in [0.1, 0.15) is 6.04 Å². The molecule has 86 valence electrons. The fourth-order valence-electron chi connectivity index (χ4n) is 1.82. The van der Waals surface area contributed by atoms with Crippen LogP contribution in [-0.2, 0) is 0 Å². The third-order valence-electron chi connectivity index (χ3n) is 2.60. The van der Waals surface area contributed by atoms with E-state index in [9.17, 15) is 5.26 Å². The molecule has 0 aliphatic rings. The molecule has 1 N–H and O–H groups in total. The number of aromatic nitrogens is 1. The number of pyridine rings is 1. The summed E-state index contributed by atoms with van der Waals surface area (Å²) >= 11 is 3.50. The summed E-state index contributed by atoms with van der Waals surface area (Å²) in [5.74, 6) is 0. The van der Waals surface area contributed by atoms with Crippen molar-refractivity contribution in [1.29, 1.82) is 5.26 Å². The van der Waals surface area contributed by atoms with Crippen LogP contribution >= 0.6 is 15.9 Å². The van der Waals surface area contributed by atoms with Gasteiger partial charge >= 0.3 is 0 Å². The molecule has 1 aromatic heterocycles. The fraction of sp³-hybridized carbons (Fsp3) is 0.231. The first kappa shape index (κ1) is 12.0. The van der Waals surface area contributed by atoms with E-state index in [1.165, 1.54) is 0 Å². The molecule has 3 nitrogen and oxygen atoms in total. The van der Waals surface area contributed by atoms with Crippen molar-refractivity contribution >= 4 is 26.8 Å². The van der Waals surface area contributed by atoms with E-state index in [4.69, 9.17) is 0 Å². The summed E-state index contributed by atoms with van der Waals surface area (Å²) in [7, 11) is 0. The Hall–Kier alpha value is -1.44. The van der Waals surface area contributed by atoms with Gasteiger partial charge in [-0.3, -0.25) is 10.3 Å². The van der Waals surface area contributed by atoms with Crippen molar-refractivity contribution in [2.75, 3.05) is 6.54 Å². The molecule has 0 fully saturated rings. The highest BCUT2D eigenvalue weighted by Crippen LogP contribution is 2.28. The zero-order valence-corrected chi connectivity index (χ0v) is 11.0. The first-order valence-electron chi connectivity index (χ1n) is 5.44. The monoisotopic (exact) mass is 289 g/mol. The molecule has 0 spiro atoms. The predicted molar refractivity (Wildman–Crippen MR) is 71.5 cm³/mol. The van der Waals surface area contributed by atoms with Gasteiger partial charge in [0.05, 0.1) is 11.6 Å². The fourth-order valence-corrected chi connectivity index (χ4v) is 2.27. The Balaban J connectivity index is 2.62. The molecule has 0 aliphatic carbocycles. The molecular formula is C13H12BrN3. The Labute approximate surface area is 109 Å². The van der Waals surface area contributed by atoms with E-state index in [1.54, 1.807) is 6.20 Å². The van der Waals surface area contributed by atoms with Crippen LogP contribution < -0.4 is 5.32 Å². The molecule has 4 heteroatoms. The molecule has 0 bridgehead atoms. The average Bonchev–Trinajstić information content (AvgIpc) is 2.37. The minimum atomic E-state index is -0.314. The number of fused-ring (bicyclic) bond motifs is 1. The van der Waals surface area contributed by atoms with E-state index in [0.717, 1.165) is 27.5 Å². The van der Waals surface area contributed by atoms with Gasteiger partial charge in [0, 0.05) is 21.6 Å². The van der Waals surface area contributed by atoms with Crippen LogP contribution in [0, 0.1) is 11.3 Å². The van der Waals surface area contributed by atoms with Crippen molar-refractivity contribution in [1.82, 2.24) is 10.3 Å². The molecule has 0 radical (unpaired) electrons. The molecular weight excluding hydrogens is 278 g/mol. The Morgan fingerprint density at radius 2 is 2.29 bits per heavy atom. The standard InChI is InChI=1S/C13H12BrN3/c1-2-16-12(8-15)10-5-6-11(14)9-4-3-7-17-13(9)10/h3-7,12,16H,2H2,1H3. The zero-order chi connectivity index (χ0) is 12.3. The largest absolute Gasteiger partial charge is 0.298 e. The minimum Gasteiger partial charge on any atom is -0.298 e. The maximum atomic E-state index is 9.19. The van der Waals surface area contributed by atoms with E-state index in [1.807, 2.05) is 31.2 Å². The summed E-state index contributed by atoms with van der Waals surface area (Å²) in [6.07, 6.45) is 1.75. The number of hydrogen-bond donors (Lipinski definition) is 1. The lowest BCUT2D eigenvalue weighted by Gasteiger charge is -2.13. The van der Waals surface area contributed by atoms with E-state index in [2.05, 4.69) is 32.3 Å². The van der Waals surface area contributed by atoms with E-state index in [0.29, 0.717) is 0 Å². The summed E-state index contributed by atoms with van der Waals surface area (Å²) in [5, 5.41) is 13.4. The van der Waals surface area contributed by atoms with Gasteiger partial charge < -0.3 is 0 Å². The Morgan fingerprint density at radius 3 is 3.00 bits per heavy atom. The molecule has 2 aromatic rings. The molecule has 1 aromatic carbocycles. The maximum absolute atomic E-state index is 9.19. The van der Waals surface area contributed by atoms with Crippen molar-refractivity contribution in [2.45, 2.75) is 13.0 Å². The molecule has 0 saturated heterocycles. The molecule has 17 heavy (non-hydrogen) atoms. The quantitative estimate of drug-likeness (QED) is 0.944. The number of halogens is 1. The lowest BCUT2D eigenvalue weighted by Crippen LogP contribution is -2.19. The summed E-state index contributed by atoms with van der Waals surface area (Å²) in [6, 6.07) is 9.74. The lowest BCUT2D eigenvalue weighted by atomic mass is 10.0. The van der Waals surface area contributed by atoms with Crippen LogP contribution in [0.25, 0.3) is 10.9 Å². The topological polar surface area (TPSA) is 48.7 Å². The molecule has 1 heterocycles. The van der Waals surface area contributed by atoms with Gasteiger partial charge in [-0.05, 0) is 18.7 Å². The molecule has 1 atom stereocenters. The first-order valence-corrected chi connectivity index (χ1v) is 6.23. The van der Waals surface area contributed by atoms with Gasteiger partial charge in [0.25, 0.3) is 0 Å². The number of hydrogen-bond acceptors (Lipinski definition) is 3. The van der Waals surface area contributed by atoms with Crippen LogP contribution in [0.1, 0.15) is 18.5 Å². The van der Waals surface area contributed by atoms with Crippen LogP contribution in [0.15, 0.2) is 34.9 Å². The smallest absolute Gasteiger partial charge is 0.123 e.